The lowest BCUT2D eigenvalue weighted by Gasteiger charge is -2.40. The summed E-state index contributed by atoms with van der Waals surface area (Å²) in [5.41, 5.74) is 1.99. The van der Waals surface area contributed by atoms with Gasteiger partial charge in [0.05, 0.1) is 12.7 Å². The quantitative estimate of drug-likeness (QED) is 0.471. The Morgan fingerprint density at radius 1 is 1.09 bits per heavy atom. The zero-order valence-electron chi connectivity index (χ0n) is 19.8. The van der Waals surface area contributed by atoms with E-state index in [4.69, 9.17) is 22.8 Å². The minimum absolute atomic E-state index is 0.141. The molecule has 2 unspecified atom stereocenters. The second kappa shape index (κ2) is 11.0. The second-order valence-electron chi connectivity index (χ2n) is 8.36. The van der Waals surface area contributed by atoms with Crippen LogP contribution in [0.15, 0.2) is 18.2 Å². The van der Waals surface area contributed by atoms with Gasteiger partial charge in [-0.2, -0.15) is 0 Å². The van der Waals surface area contributed by atoms with Crippen LogP contribution in [0, 0.1) is 5.92 Å². The molecular formula is C23H34O8Si. The van der Waals surface area contributed by atoms with E-state index in [0.29, 0.717) is 19.4 Å². The molecule has 2 atom stereocenters. The van der Waals surface area contributed by atoms with E-state index in [0.717, 1.165) is 29.7 Å². The molecule has 0 amide bonds. The van der Waals surface area contributed by atoms with Crippen LogP contribution in [0.5, 0.6) is 5.75 Å². The maximum atomic E-state index is 11.6. The zero-order chi connectivity index (χ0) is 23.9. The van der Waals surface area contributed by atoms with Gasteiger partial charge in [-0.05, 0) is 37.0 Å². The SMILES string of the molecule is CCCC(C)C1(C)OCc2cc(CCC[Si](OC(C)=O)(OC(C)=O)OC(C)=O)ccc2O1. The highest BCUT2D eigenvalue weighted by Crippen LogP contribution is 2.37. The maximum Gasteiger partial charge on any atom is 0.705 e. The summed E-state index contributed by atoms with van der Waals surface area (Å²) in [5.74, 6) is -1.56. The largest absolute Gasteiger partial charge is 0.705 e. The van der Waals surface area contributed by atoms with Crippen LogP contribution >= 0.6 is 0 Å². The minimum Gasteiger partial charge on any atom is -0.462 e. The van der Waals surface area contributed by atoms with E-state index in [1.165, 1.54) is 20.8 Å². The van der Waals surface area contributed by atoms with Gasteiger partial charge in [0.2, 0.25) is 5.79 Å². The van der Waals surface area contributed by atoms with Crippen LogP contribution in [-0.4, -0.2) is 32.5 Å². The summed E-state index contributed by atoms with van der Waals surface area (Å²) in [4.78, 5) is 34.7. The Labute approximate surface area is 190 Å². The number of benzene rings is 1. The summed E-state index contributed by atoms with van der Waals surface area (Å²) in [6.45, 7) is 10.3. The highest BCUT2D eigenvalue weighted by atomic mass is 28.4. The molecule has 1 aromatic rings. The van der Waals surface area contributed by atoms with Gasteiger partial charge < -0.3 is 22.8 Å². The first-order valence-corrected chi connectivity index (χ1v) is 13.0. The Hall–Kier alpha value is -2.39. The molecule has 32 heavy (non-hydrogen) atoms. The van der Waals surface area contributed by atoms with Crippen LogP contribution in [0.2, 0.25) is 6.04 Å². The first-order valence-electron chi connectivity index (χ1n) is 11.0. The highest BCUT2D eigenvalue weighted by Gasteiger charge is 2.51. The second-order valence-corrected chi connectivity index (χ2v) is 10.8. The van der Waals surface area contributed by atoms with Crippen LogP contribution in [0.25, 0.3) is 0 Å². The van der Waals surface area contributed by atoms with Gasteiger partial charge in [0, 0.05) is 39.2 Å². The van der Waals surface area contributed by atoms with E-state index in [1.807, 2.05) is 25.1 Å². The van der Waals surface area contributed by atoms with Crippen molar-refractivity contribution < 1.29 is 37.1 Å². The van der Waals surface area contributed by atoms with Crippen LogP contribution in [0.3, 0.4) is 0 Å². The molecule has 1 aliphatic rings. The van der Waals surface area contributed by atoms with Gasteiger partial charge in [0.1, 0.15) is 5.75 Å². The molecule has 0 spiro atoms. The number of hydrogen-bond donors (Lipinski definition) is 0. The predicted octanol–water partition coefficient (Wildman–Crippen LogP) is 4.31. The lowest BCUT2D eigenvalue weighted by Crippen LogP contribution is -2.49. The lowest BCUT2D eigenvalue weighted by atomic mass is 9.95. The summed E-state index contributed by atoms with van der Waals surface area (Å²) in [5, 5.41) is 0. The monoisotopic (exact) mass is 466 g/mol. The number of aryl methyl sites for hydroxylation is 1. The van der Waals surface area contributed by atoms with Crippen LogP contribution in [-0.2, 0) is 45.4 Å². The van der Waals surface area contributed by atoms with Crippen LogP contribution in [0.1, 0.15) is 71.9 Å². The Bertz CT molecular complexity index is 798. The maximum absolute atomic E-state index is 11.6. The molecule has 1 aliphatic heterocycles. The number of rotatable bonds is 10. The normalized spacial score (nSPS) is 18.7. The third-order valence-corrected chi connectivity index (χ3v) is 8.18. The molecule has 0 fully saturated rings. The predicted molar refractivity (Wildman–Crippen MR) is 119 cm³/mol. The van der Waals surface area contributed by atoms with E-state index in [-0.39, 0.29) is 12.0 Å². The molecule has 0 saturated heterocycles. The third kappa shape index (κ3) is 7.06. The van der Waals surface area contributed by atoms with Gasteiger partial charge in [-0.15, -0.1) is 0 Å². The summed E-state index contributed by atoms with van der Waals surface area (Å²) >= 11 is 0. The van der Waals surface area contributed by atoms with Gasteiger partial charge >= 0.3 is 8.80 Å². The molecule has 0 aliphatic carbocycles. The van der Waals surface area contributed by atoms with Crippen molar-refractivity contribution in [2.75, 3.05) is 0 Å². The summed E-state index contributed by atoms with van der Waals surface area (Å²) in [6, 6.07) is 6.08. The van der Waals surface area contributed by atoms with E-state index in [2.05, 4.69) is 13.8 Å². The van der Waals surface area contributed by atoms with Gasteiger partial charge in [0.15, 0.2) is 0 Å². The zero-order valence-corrected chi connectivity index (χ0v) is 20.8. The molecular weight excluding hydrogens is 432 g/mol. The average Bonchev–Trinajstić information content (AvgIpc) is 2.66. The summed E-state index contributed by atoms with van der Waals surface area (Å²) < 4.78 is 27.9. The number of hydrogen-bond acceptors (Lipinski definition) is 8. The fraction of sp³-hybridized carbons (Fsp3) is 0.609. The molecule has 9 heteroatoms. The third-order valence-electron chi connectivity index (χ3n) is 5.41. The Kier molecular flexibility index (Phi) is 8.86. The number of ether oxygens (including phenoxy) is 2. The van der Waals surface area contributed by atoms with Gasteiger partial charge in [-0.1, -0.05) is 26.3 Å². The standard InChI is InChI=1S/C23H34O8Si/c1-7-9-16(2)23(6)27-15-21-14-20(11-12-22(21)28-23)10-8-13-32(29-17(3)24,30-18(4)25)31-19(5)26/h11-12,14,16H,7-10,13,15H2,1-6H3. The summed E-state index contributed by atoms with van der Waals surface area (Å²) in [6.07, 6.45) is 3.18. The average molecular weight is 467 g/mol. The van der Waals surface area contributed by atoms with E-state index in [9.17, 15) is 14.4 Å². The van der Waals surface area contributed by atoms with Crippen molar-refractivity contribution in [2.45, 2.75) is 85.7 Å². The van der Waals surface area contributed by atoms with E-state index in [1.54, 1.807) is 0 Å². The van der Waals surface area contributed by atoms with Crippen molar-refractivity contribution in [3.63, 3.8) is 0 Å². The van der Waals surface area contributed by atoms with Crippen LogP contribution in [0.4, 0.5) is 0 Å². The van der Waals surface area contributed by atoms with E-state index < -0.39 is 32.5 Å². The summed E-state index contributed by atoms with van der Waals surface area (Å²) in [7, 11) is -3.80. The minimum atomic E-state index is -3.80. The van der Waals surface area contributed by atoms with Gasteiger partial charge in [-0.25, -0.2) is 0 Å². The van der Waals surface area contributed by atoms with Gasteiger partial charge in [0.25, 0.3) is 17.9 Å². The fourth-order valence-electron chi connectivity index (χ4n) is 3.79. The Morgan fingerprint density at radius 3 is 2.22 bits per heavy atom. The topological polar surface area (TPSA) is 97.4 Å². The molecule has 0 saturated carbocycles. The van der Waals surface area contributed by atoms with Crippen molar-refractivity contribution in [3.05, 3.63) is 29.3 Å². The molecule has 8 nitrogen and oxygen atoms in total. The fourth-order valence-corrected chi connectivity index (χ4v) is 6.14. The number of fused-ring (bicyclic) bond motifs is 1. The smallest absolute Gasteiger partial charge is 0.462 e. The Balaban J connectivity index is 2.08. The molecule has 2 rings (SSSR count). The number of carbonyl (C=O) groups is 3. The Morgan fingerprint density at radius 2 is 1.69 bits per heavy atom. The van der Waals surface area contributed by atoms with Crippen LogP contribution < -0.4 is 4.74 Å². The van der Waals surface area contributed by atoms with Crippen molar-refractivity contribution in [1.82, 2.24) is 0 Å². The van der Waals surface area contributed by atoms with Crippen molar-refractivity contribution in [1.29, 1.82) is 0 Å². The van der Waals surface area contributed by atoms with Crippen molar-refractivity contribution >= 4 is 26.7 Å². The molecule has 0 bridgehead atoms. The van der Waals surface area contributed by atoms with Crippen molar-refractivity contribution in [2.24, 2.45) is 5.92 Å². The molecule has 178 valence electrons. The molecule has 0 radical (unpaired) electrons. The van der Waals surface area contributed by atoms with Crippen molar-refractivity contribution in [3.8, 4) is 5.75 Å². The molecule has 0 N–H and O–H groups in total. The highest BCUT2D eigenvalue weighted by molar-refractivity contribution is 6.65. The first-order chi connectivity index (χ1) is 15.0. The van der Waals surface area contributed by atoms with Gasteiger partial charge in [-0.3, -0.25) is 14.4 Å². The molecule has 1 heterocycles. The first kappa shape index (κ1) is 25.9. The molecule has 1 aromatic carbocycles. The molecule has 0 aromatic heterocycles. The van der Waals surface area contributed by atoms with E-state index >= 15 is 0 Å². The number of carbonyl (C=O) groups excluding carboxylic acids is 3. The lowest BCUT2D eigenvalue weighted by molar-refractivity contribution is -0.223.